The summed E-state index contributed by atoms with van der Waals surface area (Å²) in [5.41, 5.74) is 1.18. The third-order valence-corrected chi connectivity index (χ3v) is 3.42. The topological polar surface area (TPSA) is 37.6 Å². The summed E-state index contributed by atoms with van der Waals surface area (Å²) in [4.78, 5) is 2.48. The van der Waals surface area contributed by atoms with Gasteiger partial charge >= 0.3 is 0 Å². The highest BCUT2D eigenvalue weighted by molar-refractivity contribution is 5.14. The van der Waals surface area contributed by atoms with Crippen molar-refractivity contribution in [2.75, 3.05) is 32.8 Å². The Kier molecular flexibility index (Phi) is 5.23. The number of furan rings is 1. The number of rotatable bonds is 6. The van der Waals surface area contributed by atoms with Gasteiger partial charge in [0.15, 0.2) is 0 Å². The highest BCUT2D eigenvalue weighted by atomic mass is 16.5. The number of likely N-dealkylation sites (N-methyl/N-ethyl adjacent to an activating group) is 1. The van der Waals surface area contributed by atoms with E-state index in [9.17, 15) is 0 Å². The van der Waals surface area contributed by atoms with Crippen LogP contribution in [0.3, 0.4) is 0 Å². The second-order valence-electron chi connectivity index (χ2n) is 4.80. The van der Waals surface area contributed by atoms with Crippen molar-refractivity contribution in [3.63, 3.8) is 0 Å². The molecule has 4 heteroatoms. The lowest BCUT2D eigenvalue weighted by molar-refractivity contribution is -0.0469. The fraction of sp³-hybridized carbons (Fsp3) is 0.714. The van der Waals surface area contributed by atoms with Gasteiger partial charge in [0.1, 0.15) is 0 Å². The Morgan fingerprint density at radius 3 is 3.06 bits per heavy atom. The minimum absolute atomic E-state index is 0.211. The lowest BCUT2D eigenvalue weighted by Crippen LogP contribution is -2.48. The normalized spacial score (nSPS) is 23.1. The Labute approximate surface area is 109 Å². The number of nitrogens with zero attached hydrogens (tertiary/aromatic N) is 1. The fourth-order valence-electron chi connectivity index (χ4n) is 2.59. The minimum atomic E-state index is 0.211. The number of morpholine rings is 1. The van der Waals surface area contributed by atoms with Crippen molar-refractivity contribution in [2.45, 2.75) is 32.4 Å². The van der Waals surface area contributed by atoms with Crippen molar-refractivity contribution in [3.8, 4) is 0 Å². The molecule has 18 heavy (non-hydrogen) atoms. The summed E-state index contributed by atoms with van der Waals surface area (Å²) in [5.74, 6) is 0. The molecule has 1 aliphatic rings. The van der Waals surface area contributed by atoms with Gasteiger partial charge in [-0.25, -0.2) is 0 Å². The zero-order chi connectivity index (χ0) is 12.8. The van der Waals surface area contributed by atoms with Crippen LogP contribution >= 0.6 is 0 Å². The number of ether oxygens (including phenoxy) is 1. The molecule has 0 bridgehead atoms. The van der Waals surface area contributed by atoms with E-state index in [1.807, 2.05) is 12.3 Å². The first kappa shape index (κ1) is 13.6. The largest absolute Gasteiger partial charge is 0.472 e. The molecule has 1 fully saturated rings. The molecular formula is C14H24N2O2. The quantitative estimate of drug-likeness (QED) is 0.841. The number of nitrogens with one attached hydrogen (secondary N) is 1. The Hall–Kier alpha value is -0.840. The summed E-state index contributed by atoms with van der Waals surface area (Å²) >= 11 is 0. The predicted octanol–water partition coefficient (Wildman–Crippen LogP) is 2.04. The van der Waals surface area contributed by atoms with E-state index >= 15 is 0 Å². The molecule has 1 aromatic heterocycles. The molecule has 0 amide bonds. The van der Waals surface area contributed by atoms with E-state index in [-0.39, 0.29) is 12.1 Å². The number of hydrogen-bond donors (Lipinski definition) is 1. The van der Waals surface area contributed by atoms with Gasteiger partial charge in [0.2, 0.25) is 0 Å². The Morgan fingerprint density at radius 2 is 2.39 bits per heavy atom. The van der Waals surface area contributed by atoms with Gasteiger partial charge in [-0.05, 0) is 25.6 Å². The van der Waals surface area contributed by atoms with Crippen molar-refractivity contribution in [2.24, 2.45) is 0 Å². The molecule has 2 heterocycles. The molecule has 0 saturated carbocycles. The summed E-state index contributed by atoms with van der Waals surface area (Å²) in [7, 11) is 0. The third-order valence-electron chi connectivity index (χ3n) is 3.42. The van der Waals surface area contributed by atoms with E-state index in [1.54, 1.807) is 6.26 Å². The van der Waals surface area contributed by atoms with Gasteiger partial charge < -0.3 is 14.5 Å². The molecule has 1 aliphatic heterocycles. The Bertz CT molecular complexity index is 325. The van der Waals surface area contributed by atoms with Crippen molar-refractivity contribution in [1.82, 2.24) is 10.2 Å². The summed E-state index contributed by atoms with van der Waals surface area (Å²) in [6.07, 6.45) is 4.95. The van der Waals surface area contributed by atoms with Crippen LogP contribution in [-0.4, -0.2) is 43.8 Å². The van der Waals surface area contributed by atoms with Crippen LogP contribution in [0.5, 0.6) is 0 Å². The molecule has 0 spiro atoms. The van der Waals surface area contributed by atoms with Crippen LogP contribution in [0.4, 0.5) is 0 Å². The van der Waals surface area contributed by atoms with Crippen LogP contribution in [0.25, 0.3) is 0 Å². The predicted molar refractivity (Wildman–Crippen MR) is 71.6 cm³/mol. The Morgan fingerprint density at radius 1 is 1.50 bits per heavy atom. The maximum Gasteiger partial charge on any atom is 0.0951 e. The molecular weight excluding hydrogens is 228 g/mol. The van der Waals surface area contributed by atoms with Crippen LogP contribution in [0, 0.1) is 0 Å². The molecule has 1 aromatic rings. The van der Waals surface area contributed by atoms with Crippen molar-refractivity contribution < 1.29 is 9.15 Å². The van der Waals surface area contributed by atoms with Crippen molar-refractivity contribution in [3.05, 3.63) is 24.2 Å². The zero-order valence-corrected chi connectivity index (χ0v) is 11.4. The van der Waals surface area contributed by atoms with Crippen molar-refractivity contribution in [1.29, 1.82) is 0 Å². The van der Waals surface area contributed by atoms with Gasteiger partial charge in [-0.15, -0.1) is 0 Å². The van der Waals surface area contributed by atoms with E-state index in [0.29, 0.717) is 0 Å². The summed E-state index contributed by atoms with van der Waals surface area (Å²) in [6.45, 7) is 9.31. The molecule has 1 saturated heterocycles. The number of hydrogen-bond acceptors (Lipinski definition) is 4. The lowest BCUT2D eigenvalue weighted by Gasteiger charge is -2.37. The average molecular weight is 252 g/mol. The first-order valence-corrected chi connectivity index (χ1v) is 6.94. The molecule has 2 rings (SSSR count). The maximum atomic E-state index is 5.95. The van der Waals surface area contributed by atoms with Gasteiger partial charge in [0, 0.05) is 18.7 Å². The van der Waals surface area contributed by atoms with Gasteiger partial charge in [-0.1, -0.05) is 13.8 Å². The van der Waals surface area contributed by atoms with Crippen LogP contribution in [0.15, 0.2) is 23.0 Å². The summed E-state index contributed by atoms with van der Waals surface area (Å²) in [5, 5.41) is 3.51. The summed E-state index contributed by atoms with van der Waals surface area (Å²) in [6, 6.07) is 2.25. The smallest absolute Gasteiger partial charge is 0.0951 e. The van der Waals surface area contributed by atoms with E-state index in [0.717, 1.165) is 32.8 Å². The van der Waals surface area contributed by atoms with Crippen LogP contribution in [-0.2, 0) is 4.74 Å². The van der Waals surface area contributed by atoms with Crippen LogP contribution in [0.1, 0.15) is 31.9 Å². The second-order valence-corrected chi connectivity index (χ2v) is 4.80. The van der Waals surface area contributed by atoms with Gasteiger partial charge in [-0.3, -0.25) is 4.90 Å². The third kappa shape index (κ3) is 3.34. The molecule has 2 atom stereocenters. The maximum absolute atomic E-state index is 5.95. The summed E-state index contributed by atoms with van der Waals surface area (Å²) < 4.78 is 11.1. The fourth-order valence-corrected chi connectivity index (χ4v) is 2.59. The van der Waals surface area contributed by atoms with Crippen LogP contribution in [0.2, 0.25) is 0 Å². The second kappa shape index (κ2) is 6.92. The SMILES string of the molecule is CCCN1CCOC(C(NCC)c2ccoc2)C1. The molecule has 0 radical (unpaired) electrons. The zero-order valence-electron chi connectivity index (χ0n) is 11.4. The van der Waals surface area contributed by atoms with Gasteiger partial charge in [0.25, 0.3) is 0 Å². The van der Waals surface area contributed by atoms with E-state index in [2.05, 4.69) is 24.1 Å². The van der Waals surface area contributed by atoms with Gasteiger partial charge in [0.05, 0.1) is 31.3 Å². The van der Waals surface area contributed by atoms with E-state index < -0.39 is 0 Å². The molecule has 102 valence electrons. The average Bonchev–Trinajstić information content (AvgIpc) is 2.90. The van der Waals surface area contributed by atoms with Crippen molar-refractivity contribution >= 4 is 0 Å². The Balaban J connectivity index is 2.01. The molecule has 0 aliphatic carbocycles. The molecule has 4 nitrogen and oxygen atoms in total. The highest BCUT2D eigenvalue weighted by Crippen LogP contribution is 2.23. The van der Waals surface area contributed by atoms with E-state index in [1.165, 1.54) is 12.0 Å². The molecule has 0 aromatic carbocycles. The standard InChI is InChI=1S/C14H24N2O2/c1-3-6-16-7-9-18-13(10-16)14(15-4-2)12-5-8-17-11-12/h5,8,11,13-15H,3-4,6-7,9-10H2,1-2H3. The molecule has 2 unspecified atom stereocenters. The van der Waals surface area contributed by atoms with Gasteiger partial charge in [-0.2, -0.15) is 0 Å². The first-order valence-electron chi connectivity index (χ1n) is 6.94. The minimum Gasteiger partial charge on any atom is -0.472 e. The lowest BCUT2D eigenvalue weighted by atomic mass is 10.0. The highest BCUT2D eigenvalue weighted by Gasteiger charge is 2.28. The van der Waals surface area contributed by atoms with E-state index in [4.69, 9.17) is 9.15 Å². The monoisotopic (exact) mass is 252 g/mol. The molecule has 1 N–H and O–H groups in total. The first-order chi connectivity index (χ1) is 8.85. The van der Waals surface area contributed by atoms with Crippen LogP contribution < -0.4 is 5.32 Å².